The number of nitro groups is 1. The van der Waals surface area contributed by atoms with Gasteiger partial charge in [0.1, 0.15) is 11.8 Å². The van der Waals surface area contributed by atoms with E-state index < -0.39 is 11.0 Å². The van der Waals surface area contributed by atoms with E-state index in [4.69, 9.17) is 4.74 Å². The van der Waals surface area contributed by atoms with Crippen LogP contribution in [0.1, 0.15) is 18.1 Å². The van der Waals surface area contributed by atoms with Gasteiger partial charge in [0.2, 0.25) is 11.8 Å². The fraction of sp³-hybridized carbons (Fsp3) is 0.333. The van der Waals surface area contributed by atoms with E-state index in [1.807, 2.05) is 24.3 Å². The predicted molar refractivity (Wildman–Crippen MR) is 116 cm³/mol. The summed E-state index contributed by atoms with van der Waals surface area (Å²) in [4.78, 5) is 36.8. The zero-order valence-corrected chi connectivity index (χ0v) is 18.0. The van der Waals surface area contributed by atoms with Gasteiger partial charge in [-0.15, -0.1) is 11.8 Å². The van der Waals surface area contributed by atoms with Crippen LogP contribution >= 0.6 is 11.8 Å². The third-order valence-electron chi connectivity index (χ3n) is 4.57. The molecule has 0 spiro atoms. The first-order chi connectivity index (χ1) is 14.3. The predicted octanol–water partition coefficient (Wildman–Crippen LogP) is 3.00. The number of ether oxygens (including phenoxy) is 1. The smallest absolute Gasteiger partial charge is 0.269 e. The van der Waals surface area contributed by atoms with Crippen molar-refractivity contribution in [1.82, 2.24) is 10.2 Å². The maximum atomic E-state index is 12.9. The number of carbonyl (C=O) groups excluding carboxylic acids is 2. The molecule has 0 radical (unpaired) electrons. The lowest BCUT2D eigenvalue weighted by atomic mass is 10.1. The van der Waals surface area contributed by atoms with Crippen LogP contribution < -0.4 is 10.1 Å². The molecule has 0 saturated carbocycles. The Labute approximate surface area is 179 Å². The van der Waals surface area contributed by atoms with Crippen molar-refractivity contribution in [2.24, 2.45) is 0 Å². The number of amides is 2. The summed E-state index contributed by atoms with van der Waals surface area (Å²) in [7, 11) is 3.12. The average Bonchev–Trinajstić information content (AvgIpc) is 2.77. The molecule has 1 N–H and O–H groups in total. The number of thioether (sulfide) groups is 1. The molecule has 2 amide bonds. The third kappa shape index (κ3) is 6.48. The maximum absolute atomic E-state index is 12.9. The van der Waals surface area contributed by atoms with Crippen molar-refractivity contribution in [2.45, 2.75) is 25.3 Å². The molecule has 8 nitrogen and oxygen atoms in total. The number of nitrogens with zero attached hydrogens (tertiary/aromatic N) is 2. The van der Waals surface area contributed by atoms with Gasteiger partial charge in [-0.2, -0.15) is 0 Å². The highest BCUT2D eigenvalue weighted by Gasteiger charge is 2.25. The van der Waals surface area contributed by atoms with Gasteiger partial charge >= 0.3 is 0 Å². The quantitative estimate of drug-likeness (QED) is 0.458. The first-order valence-electron chi connectivity index (χ1n) is 9.30. The Morgan fingerprint density at radius 1 is 1.13 bits per heavy atom. The summed E-state index contributed by atoms with van der Waals surface area (Å²) in [5.74, 6) is 1.05. The van der Waals surface area contributed by atoms with Gasteiger partial charge < -0.3 is 15.0 Å². The van der Waals surface area contributed by atoms with E-state index in [2.05, 4.69) is 5.32 Å². The first-order valence-corrected chi connectivity index (χ1v) is 10.5. The van der Waals surface area contributed by atoms with Crippen molar-refractivity contribution >= 4 is 29.3 Å². The molecule has 0 aromatic heterocycles. The normalized spacial score (nSPS) is 11.4. The number of nitro benzene ring substituents is 1. The lowest BCUT2D eigenvalue weighted by Crippen LogP contribution is -2.47. The number of methoxy groups -OCH3 is 1. The lowest BCUT2D eigenvalue weighted by Gasteiger charge is -2.28. The van der Waals surface area contributed by atoms with E-state index in [0.29, 0.717) is 12.3 Å². The molecule has 9 heteroatoms. The first kappa shape index (κ1) is 23.2. The highest BCUT2D eigenvalue weighted by molar-refractivity contribution is 7.99. The molecule has 1 unspecified atom stereocenters. The van der Waals surface area contributed by atoms with Gasteiger partial charge in [-0.05, 0) is 30.2 Å². The Kier molecular flexibility index (Phi) is 8.67. The van der Waals surface area contributed by atoms with Crippen LogP contribution in [0, 0.1) is 10.1 Å². The van der Waals surface area contributed by atoms with E-state index in [9.17, 15) is 19.7 Å². The molecule has 0 bridgehead atoms. The van der Waals surface area contributed by atoms with Gasteiger partial charge in [-0.3, -0.25) is 19.7 Å². The van der Waals surface area contributed by atoms with E-state index in [1.165, 1.54) is 30.9 Å². The molecule has 0 fully saturated rings. The van der Waals surface area contributed by atoms with Gasteiger partial charge in [0.15, 0.2) is 0 Å². The fourth-order valence-electron chi connectivity index (χ4n) is 2.77. The number of likely N-dealkylation sites (N-methyl/N-ethyl adjacent to an activating group) is 1. The number of hydrogen-bond acceptors (Lipinski definition) is 6. The van der Waals surface area contributed by atoms with Gasteiger partial charge in [0.05, 0.1) is 17.8 Å². The molecule has 0 aliphatic carbocycles. The number of benzene rings is 2. The van der Waals surface area contributed by atoms with E-state index >= 15 is 0 Å². The molecule has 0 aliphatic rings. The van der Waals surface area contributed by atoms with Crippen molar-refractivity contribution in [1.29, 1.82) is 0 Å². The standard InChI is InChI=1S/C21H25N3O5S/c1-15(21(26)22-2)23(12-16-6-10-19(29-3)11-7-16)20(25)14-30-13-17-4-8-18(9-5-17)24(27)28/h4-11,15H,12-14H2,1-3H3,(H,22,26). The van der Waals surface area contributed by atoms with Crippen LogP contribution in [0.2, 0.25) is 0 Å². The Morgan fingerprint density at radius 3 is 2.27 bits per heavy atom. The molecule has 160 valence electrons. The molecule has 30 heavy (non-hydrogen) atoms. The van der Waals surface area contributed by atoms with Crippen LogP contribution in [0.5, 0.6) is 5.75 Å². The Hall–Kier alpha value is -3.07. The highest BCUT2D eigenvalue weighted by atomic mass is 32.2. The Bertz CT molecular complexity index is 871. The Balaban J connectivity index is 2.02. The number of carbonyl (C=O) groups is 2. The number of rotatable bonds is 10. The zero-order chi connectivity index (χ0) is 22.1. The minimum absolute atomic E-state index is 0.0323. The summed E-state index contributed by atoms with van der Waals surface area (Å²) >= 11 is 1.40. The third-order valence-corrected chi connectivity index (χ3v) is 5.56. The summed E-state index contributed by atoms with van der Waals surface area (Å²) < 4.78 is 5.15. The van der Waals surface area contributed by atoms with Crippen molar-refractivity contribution in [2.75, 3.05) is 19.9 Å². The molecule has 1 atom stereocenters. The summed E-state index contributed by atoms with van der Waals surface area (Å²) in [6, 6.07) is 13.0. The van der Waals surface area contributed by atoms with Crippen molar-refractivity contribution in [3.05, 3.63) is 69.8 Å². The van der Waals surface area contributed by atoms with Crippen LogP contribution in [0.4, 0.5) is 5.69 Å². The van der Waals surface area contributed by atoms with E-state index in [1.54, 1.807) is 31.1 Å². The molecular formula is C21H25N3O5S. The fourth-order valence-corrected chi connectivity index (χ4v) is 3.64. The molecule has 0 heterocycles. The van der Waals surface area contributed by atoms with Crippen LogP contribution in [0.15, 0.2) is 48.5 Å². The second-order valence-corrected chi connectivity index (χ2v) is 7.56. The van der Waals surface area contributed by atoms with Gasteiger partial charge in [0.25, 0.3) is 5.69 Å². The second kappa shape index (κ2) is 11.2. The summed E-state index contributed by atoms with van der Waals surface area (Å²) in [6.45, 7) is 2.00. The zero-order valence-electron chi connectivity index (χ0n) is 17.2. The highest BCUT2D eigenvalue weighted by Crippen LogP contribution is 2.19. The van der Waals surface area contributed by atoms with Gasteiger partial charge in [-0.25, -0.2) is 0 Å². The second-order valence-electron chi connectivity index (χ2n) is 6.58. The molecular weight excluding hydrogens is 406 g/mol. The number of hydrogen-bond donors (Lipinski definition) is 1. The summed E-state index contributed by atoms with van der Waals surface area (Å²) in [6.07, 6.45) is 0. The lowest BCUT2D eigenvalue weighted by molar-refractivity contribution is -0.384. The molecule has 0 saturated heterocycles. The molecule has 2 aromatic rings. The van der Waals surface area contributed by atoms with Crippen molar-refractivity contribution < 1.29 is 19.2 Å². The summed E-state index contributed by atoms with van der Waals surface area (Å²) in [5, 5.41) is 13.3. The van der Waals surface area contributed by atoms with Crippen LogP contribution in [0.25, 0.3) is 0 Å². The number of nitrogens with one attached hydrogen (secondary N) is 1. The van der Waals surface area contributed by atoms with Gasteiger partial charge in [-0.1, -0.05) is 24.3 Å². The SMILES string of the molecule is CNC(=O)C(C)N(Cc1ccc(OC)cc1)C(=O)CSCc1ccc([N+](=O)[O-])cc1. The van der Waals surface area contributed by atoms with Crippen LogP contribution in [-0.2, 0) is 21.9 Å². The Morgan fingerprint density at radius 2 is 1.73 bits per heavy atom. The topological polar surface area (TPSA) is 102 Å². The minimum atomic E-state index is -0.621. The van der Waals surface area contributed by atoms with Crippen LogP contribution in [-0.4, -0.2) is 47.6 Å². The molecule has 0 aliphatic heterocycles. The van der Waals surface area contributed by atoms with E-state index in [0.717, 1.165) is 16.9 Å². The van der Waals surface area contributed by atoms with Gasteiger partial charge in [0, 0.05) is 31.5 Å². The molecule has 2 aromatic carbocycles. The van der Waals surface area contributed by atoms with Crippen molar-refractivity contribution in [3.8, 4) is 5.75 Å². The van der Waals surface area contributed by atoms with Crippen LogP contribution in [0.3, 0.4) is 0 Å². The average molecular weight is 432 g/mol. The number of non-ortho nitro benzene ring substituents is 1. The van der Waals surface area contributed by atoms with Crippen molar-refractivity contribution in [3.63, 3.8) is 0 Å². The largest absolute Gasteiger partial charge is 0.497 e. The minimum Gasteiger partial charge on any atom is -0.497 e. The van der Waals surface area contributed by atoms with E-state index in [-0.39, 0.29) is 23.3 Å². The maximum Gasteiger partial charge on any atom is 0.269 e. The summed E-state index contributed by atoms with van der Waals surface area (Å²) in [5.41, 5.74) is 1.81. The monoisotopic (exact) mass is 431 g/mol. The molecule has 2 rings (SSSR count).